The van der Waals surface area contributed by atoms with E-state index in [0.29, 0.717) is 16.7 Å². The lowest BCUT2D eigenvalue weighted by Crippen LogP contribution is -2.22. The first kappa shape index (κ1) is 18.6. The molecule has 4 rings (SSSR count). The Kier molecular flexibility index (Phi) is 5.13. The summed E-state index contributed by atoms with van der Waals surface area (Å²) in [6.45, 7) is 4.10. The number of aryl methyl sites for hydroxylation is 2. The topological polar surface area (TPSA) is 34.9 Å². The van der Waals surface area contributed by atoms with Gasteiger partial charge in [0.25, 0.3) is 5.56 Å². The van der Waals surface area contributed by atoms with E-state index in [1.807, 2.05) is 61.5 Å². The lowest BCUT2D eigenvalue weighted by atomic mass is 10.1. The van der Waals surface area contributed by atoms with Crippen molar-refractivity contribution < 1.29 is 0 Å². The van der Waals surface area contributed by atoms with Crippen LogP contribution in [0.2, 0.25) is 0 Å². The van der Waals surface area contributed by atoms with Crippen LogP contribution in [-0.2, 0) is 0 Å². The van der Waals surface area contributed by atoms with Gasteiger partial charge >= 0.3 is 0 Å². The summed E-state index contributed by atoms with van der Waals surface area (Å²) in [7, 11) is 0. The third-order valence-electron chi connectivity index (χ3n) is 4.65. The zero-order valence-corrected chi connectivity index (χ0v) is 17.8. The predicted molar refractivity (Wildman–Crippen MR) is 125 cm³/mol. The molecule has 0 atom stereocenters. The van der Waals surface area contributed by atoms with E-state index in [4.69, 9.17) is 4.98 Å². The van der Waals surface area contributed by atoms with Crippen LogP contribution in [0.1, 0.15) is 22.5 Å². The van der Waals surface area contributed by atoms with Gasteiger partial charge in [0.1, 0.15) is 5.82 Å². The summed E-state index contributed by atoms with van der Waals surface area (Å²) in [6.07, 6.45) is 3.90. The van der Waals surface area contributed by atoms with Crippen molar-refractivity contribution in [1.29, 1.82) is 0 Å². The number of hydrogen-bond acceptors (Lipinski definition) is 2. The Bertz CT molecular complexity index is 1240. The Morgan fingerprint density at radius 2 is 1.50 bits per heavy atom. The Hall–Kier alpha value is -2.73. The standard InChI is InChI=1S/C24H19IN2O/c1-16-3-7-18(8-4-16)9-14-23-26-22-13-10-19(25)15-21(22)24(28)27(23)20-11-5-17(2)6-12-20/h3-15H,1-2H3/b14-9+. The van der Waals surface area contributed by atoms with E-state index < -0.39 is 0 Å². The largest absolute Gasteiger partial charge is 0.268 e. The van der Waals surface area contributed by atoms with Crippen LogP contribution >= 0.6 is 22.6 Å². The highest BCUT2D eigenvalue weighted by molar-refractivity contribution is 14.1. The normalized spacial score (nSPS) is 11.4. The molecule has 0 unspecified atom stereocenters. The molecule has 1 heterocycles. The molecule has 0 aliphatic heterocycles. The third kappa shape index (κ3) is 3.78. The monoisotopic (exact) mass is 478 g/mol. The van der Waals surface area contributed by atoms with Crippen molar-refractivity contribution in [1.82, 2.24) is 9.55 Å². The molecular weight excluding hydrogens is 459 g/mol. The molecule has 0 spiro atoms. The lowest BCUT2D eigenvalue weighted by Gasteiger charge is -2.12. The Labute approximate surface area is 177 Å². The molecule has 0 bridgehead atoms. The zero-order chi connectivity index (χ0) is 19.7. The molecule has 3 aromatic carbocycles. The van der Waals surface area contributed by atoms with E-state index in [0.717, 1.165) is 20.4 Å². The summed E-state index contributed by atoms with van der Waals surface area (Å²) in [5, 5.41) is 0.625. The molecule has 4 heteroatoms. The van der Waals surface area contributed by atoms with Crippen LogP contribution in [0.4, 0.5) is 0 Å². The number of rotatable bonds is 3. The highest BCUT2D eigenvalue weighted by Crippen LogP contribution is 2.18. The Balaban J connectivity index is 1.93. The summed E-state index contributed by atoms with van der Waals surface area (Å²) in [5.41, 5.74) is 4.89. The first-order valence-corrected chi connectivity index (χ1v) is 10.1. The van der Waals surface area contributed by atoms with Gasteiger partial charge in [-0.25, -0.2) is 4.98 Å². The van der Waals surface area contributed by atoms with Gasteiger partial charge in [-0.15, -0.1) is 0 Å². The van der Waals surface area contributed by atoms with Gasteiger partial charge < -0.3 is 0 Å². The number of aromatic nitrogens is 2. The van der Waals surface area contributed by atoms with E-state index in [2.05, 4.69) is 53.8 Å². The number of fused-ring (bicyclic) bond motifs is 1. The van der Waals surface area contributed by atoms with Gasteiger partial charge in [-0.05, 0) is 78.4 Å². The van der Waals surface area contributed by atoms with Crippen molar-refractivity contribution in [2.45, 2.75) is 13.8 Å². The minimum atomic E-state index is -0.0593. The molecule has 0 radical (unpaired) electrons. The van der Waals surface area contributed by atoms with Gasteiger partial charge in [-0.2, -0.15) is 0 Å². The van der Waals surface area contributed by atoms with Crippen LogP contribution in [0, 0.1) is 17.4 Å². The minimum Gasteiger partial charge on any atom is -0.268 e. The number of halogens is 1. The summed E-state index contributed by atoms with van der Waals surface area (Å²) in [5.74, 6) is 0.614. The maximum Gasteiger partial charge on any atom is 0.266 e. The fraction of sp³-hybridized carbons (Fsp3) is 0.0833. The smallest absolute Gasteiger partial charge is 0.266 e. The fourth-order valence-corrected chi connectivity index (χ4v) is 3.57. The minimum absolute atomic E-state index is 0.0593. The number of benzene rings is 3. The average molecular weight is 478 g/mol. The van der Waals surface area contributed by atoms with Gasteiger partial charge in [-0.1, -0.05) is 53.6 Å². The van der Waals surface area contributed by atoms with E-state index in [-0.39, 0.29) is 5.56 Å². The second kappa shape index (κ2) is 7.72. The van der Waals surface area contributed by atoms with Gasteiger partial charge in [0, 0.05) is 3.57 Å². The quantitative estimate of drug-likeness (QED) is 0.350. The van der Waals surface area contributed by atoms with Gasteiger partial charge in [-0.3, -0.25) is 9.36 Å². The first-order valence-electron chi connectivity index (χ1n) is 9.05. The van der Waals surface area contributed by atoms with Gasteiger partial charge in [0.15, 0.2) is 0 Å². The molecule has 0 saturated heterocycles. The zero-order valence-electron chi connectivity index (χ0n) is 15.7. The Morgan fingerprint density at radius 3 is 2.18 bits per heavy atom. The van der Waals surface area contributed by atoms with E-state index in [9.17, 15) is 4.79 Å². The predicted octanol–water partition coefficient (Wildman–Crippen LogP) is 5.78. The lowest BCUT2D eigenvalue weighted by molar-refractivity contribution is 0.943. The molecule has 4 aromatic rings. The third-order valence-corrected chi connectivity index (χ3v) is 5.32. The molecule has 0 fully saturated rings. The average Bonchev–Trinajstić information content (AvgIpc) is 2.69. The molecule has 0 aliphatic carbocycles. The van der Waals surface area contributed by atoms with E-state index in [1.165, 1.54) is 5.56 Å². The van der Waals surface area contributed by atoms with Crippen molar-refractivity contribution in [3.63, 3.8) is 0 Å². The van der Waals surface area contributed by atoms with Crippen molar-refractivity contribution in [2.75, 3.05) is 0 Å². The van der Waals surface area contributed by atoms with Crippen molar-refractivity contribution in [2.24, 2.45) is 0 Å². The maximum absolute atomic E-state index is 13.3. The van der Waals surface area contributed by atoms with E-state index >= 15 is 0 Å². The SMILES string of the molecule is Cc1ccc(/C=C/c2nc3ccc(I)cc3c(=O)n2-c2ccc(C)cc2)cc1. The second-order valence-corrected chi connectivity index (χ2v) is 8.10. The molecule has 28 heavy (non-hydrogen) atoms. The molecule has 0 amide bonds. The molecule has 0 N–H and O–H groups in total. The number of nitrogens with zero attached hydrogens (tertiary/aromatic N) is 2. The summed E-state index contributed by atoms with van der Waals surface area (Å²) < 4.78 is 2.70. The van der Waals surface area contributed by atoms with Gasteiger partial charge in [0.05, 0.1) is 16.6 Å². The highest BCUT2D eigenvalue weighted by Gasteiger charge is 2.11. The van der Waals surface area contributed by atoms with E-state index in [1.54, 1.807) is 4.57 Å². The second-order valence-electron chi connectivity index (χ2n) is 6.85. The molecule has 1 aromatic heterocycles. The van der Waals surface area contributed by atoms with Crippen LogP contribution in [0.3, 0.4) is 0 Å². The summed E-state index contributed by atoms with van der Waals surface area (Å²) in [4.78, 5) is 18.1. The number of hydrogen-bond donors (Lipinski definition) is 0. The highest BCUT2D eigenvalue weighted by atomic mass is 127. The van der Waals surface area contributed by atoms with Crippen molar-refractivity contribution in [3.05, 3.63) is 103 Å². The van der Waals surface area contributed by atoms with Crippen LogP contribution in [0.15, 0.2) is 71.5 Å². The van der Waals surface area contributed by atoms with Crippen molar-refractivity contribution in [3.8, 4) is 5.69 Å². The summed E-state index contributed by atoms with van der Waals surface area (Å²) in [6, 6.07) is 22.0. The van der Waals surface area contributed by atoms with Crippen LogP contribution in [-0.4, -0.2) is 9.55 Å². The van der Waals surface area contributed by atoms with Crippen LogP contribution in [0.25, 0.3) is 28.7 Å². The van der Waals surface area contributed by atoms with Crippen LogP contribution < -0.4 is 5.56 Å². The first-order chi connectivity index (χ1) is 13.5. The molecular formula is C24H19IN2O. The molecule has 0 aliphatic rings. The maximum atomic E-state index is 13.3. The van der Waals surface area contributed by atoms with Gasteiger partial charge in [0.2, 0.25) is 0 Å². The molecule has 138 valence electrons. The van der Waals surface area contributed by atoms with Crippen molar-refractivity contribution >= 4 is 45.6 Å². The fourth-order valence-electron chi connectivity index (χ4n) is 3.08. The van der Waals surface area contributed by atoms with Crippen LogP contribution in [0.5, 0.6) is 0 Å². The summed E-state index contributed by atoms with van der Waals surface area (Å²) >= 11 is 2.22. The molecule has 3 nitrogen and oxygen atoms in total. The molecule has 0 saturated carbocycles. The Morgan fingerprint density at radius 1 is 0.857 bits per heavy atom.